The quantitative estimate of drug-likeness (QED) is 0.395. The number of carbonyl (C=O) groups is 2. The number of thioether (sulfide) groups is 1. The fourth-order valence-electron chi connectivity index (χ4n) is 2.85. The molecule has 0 fully saturated rings. The normalized spacial score (nSPS) is 11.4. The van der Waals surface area contributed by atoms with E-state index < -0.39 is 6.04 Å². The lowest BCUT2D eigenvalue weighted by atomic mass is 10.1. The second-order valence-electron chi connectivity index (χ2n) is 6.72. The van der Waals surface area contributed by atoms with Crippen LogP contribution in [0, 0.1) is 0 Å². The molecule has 0 aliphatic rings. The number of nitrogens with one attached hydrogen (secondary N) is 2. The molecular weight excluding hydrogens is 476 g/mol. The first-order valence-electron chi connectivity index (χ1n) is 9.75. The Labute approximate surface area is 194 Å². The molecule has 0 bridgehead atoms. The van der Waals surface area contributed by atoms with E-state index in [4.69, 9.17) is 4.74 Å². The van der Waals surface area contributed by atoms with Crippen molar-refractivity contribution in [2.45, 2.75) is 12.5 Å². The Kier molecular flexibility index (Phi) is 8.55. The maximum absolute atomic E-state index is 12.9. The molecule has 1 atom stereocenters. The summed E-state index contributed by atoms with van der Waals surface area (Å²) in [6.07, 6.45) is 2.49. The molecule has 0 heterocycles. The molecule has 3 rings (SSSR count). The van der Waals surface area contributed by atoms with Gasteiger partial charge in [0.05, 0.1) is 5.56 Å². The second kappa shape index (κ2) is 11.6. The van der Waals surface area contributed by atoms with E-state index in [1.165, 1.54) is 0 Å². The summed E-state index contributed by atoms with van der Waals surface area (Å²) in [4.78, 5) is 25.5. The summed E-state index contributed by atoms with van der Waals surface area (Å²) in [7, 11) is 0. The molecule has 0 aromatic heterocycles. The summed E-state index contributed by atoms with van der Waals surface area (Å²) in [6, 6.07) is 23.1. The number of rotatable bonds is 9. The first kappa shape index (κ1) is 22.9. The minimum absolute atomic E-state index is 0.258. The molecule has 3 aromatic carbocycles. The van der Waals surface area contributed by atoms with E-state index in [9.17, 15) is 9.59 Å². The van der Waals surface area contributed by atoms with Crippen LogP contribution in [0.15, 0.2) is 83.3 Å². The topological polar surface area (TPSA) is 67.4 Å². The van der Waals surface area contributed by atoms with Crippen molar-refractivity contribution < 1.29 is 14.3 Å². The van der Waals surface area contributed by atoms with Crippen LogP contribution in [0.4, 0.5) is 5.69 Å². The average Bonchev–Trinajstić information content (AvgIpc) is 2.78. The largest absolute Gasteiger partial charge is 0.457 e. The highest BCUT2D eigenvalue weighted by molar-refractivity contribution is 9.10. The third kappa shape index (κ3) is 6.87. The summed E-state index contributed by atoms with van der Waals surface area (Å²) >= 11 is 5.01. The van der Waals surface area contributed by atoms with Crippen LogP contribution < -0.4 is 15.4 Å². The first-order chi connectivity index (χ1) is 15.1. The van der Waals surface area contributed by atoms with E-state index in [0.717, 1.165) is 11.5 Å². The van der Waals surface area contributed by atoms with Gasteiger partial charge in [0.2, 0.25) is 5.91 Å². The lowest BCUT2D eigenvalue weighted by Gasteiger charge is -2.19. The van der Waals surface area contributed by atoms with Crippen LogP contribution in [-0.4, -0.2) is 29.9 Å². The molecule has 31 heavy (non-hydrogen) atoms. The number of anilines is 1. The number of ether oxygens (including phenoxy) is 1. The summed E-state index contributed by atoms with van der Waals surface area (Å²) in [5.74, 6) is 1.61. The smallest absolute Gasteiger partial charge is 0.253 e. The molecule has 2 amide bonds. The summed E-state index contributed by atoms with van der Waals surface area (Å²) in [5.41, 5.74) is 1.13. The lowest BCUT2D eigenvalue weighted by Crippen LogP contribution is -2.44. The van der Waals surface area contributed by atoms with Crippen molar-refractivity contribution in [3.05, 3.63) is 88.9 Å². The molecule has 0 saturated carbocycles. The van der Waals surface area contributed by atoms with E-state index in [2.05, 4.69) is 26.6 Å². The molecule has 0 saturated heterocycles. The van der Waals surface area contributed by atoms with E-state index in [0.29, 0.717) is 27.9 Å². The van der Waals surface area contributed by atoms with Crippen molar-refractivity contribution in [3.63, 3.8) is 0 Å². The van der Waals surface area contributed by atoms with Crippen LogP contribution in [0.2, 0.25) is 0 Å². The van der Waals surface area contributed by atoms with Gasteiger partial charge in [0.15, 0.2) is 0 Å². The van der Waals surface area contributed by atoms with Crippen LogP contribution in [0.5, 0.6) is 11.5 Å². The third-order valence-corrected chi connectivity index (χ3v) is 5.79. The zero-order chi connectivity index (χ0) is 22.1. The highest BCUT2D eigenvalue weighted by Crippen LogP contribution is 2.23. The lowest BCUT2D eigenvalue weighted by molar-refractivity contribution is -0.118. The molecule has 5 nitrogen and oxygen atoms in total. The van der Waals surface area contributed by atoms with E-state index in [1.807, 2.05) is 42.7 Å². The number of hydrogen-bond donors (Lipinski definition) is 2. The number of para-hydroxylation sites is 1. The second-order valence-corrected chi connectivity index (χ2v) is 8.56. The van der Waals surface area contributed by atoms with Gasteiger partial charge in [0.25, 0.3) is 5.91 Å². The SMILES string of the molecule is CSCC[C@H](NC(=O)c1ccccc1Br)C(=O)Nc1ccc(Oc2ccccc2)cc1. The number of hydrogen-bond acceptors (Lipinski definition) is 4. The van der Waals surface area contributed by atoms with Crippen LogP contribution >= 0.6 is 27.7 Å². The molecule has 0 unspecified atom stereocenters. The molecule has 2 N–H and O–H groups in total. The number of amides is 2. The molecule has 0 radical (unpaired) electrons. The maximum atomic E-state index is 12.9. The van der Waals surface area contributed by atoms with Gasteiger partial charge in [-0.2, -0.15) is 11.8 Å². The number of carbonyl (C=O) groups excluding carboxylic acids is 2. The van der Waals surface area contributed by atoms with Gasteiger partial charge >= 0.3 is 0 Å². The van der Waals surface area contributed by atoms with Gasteiger partial charge in [-0.1, -0.05) is 30.3 Å². The first-order valence-corrected chi connectivity index (χ1v) is 11.9. The summed E-state index contributed by atoms with van der Waals surface area (Å²) in [5, 5.41) is 5.74. The third-order valence-electron chi connectivity index (χ3n) is 4.45. The Morgan fingerprint density at radius 1 is 0.935 bits per heavy atom. The predicted molar refractivity (Wildman–Crippen MR) is 130 cm³/mol. The van der Waals surface area contributed by atoms with E-state index >= 15 is 0 Å². The van der Waals surface area contributed by atoms with Gasteiger partial charge in [0, 0.05) is 10.2 Å². The van der Waals surface area contributed by atoms with Crippen LogP contribution in [0.25, 0.3) is 0 Å². The Hall–Kier alpha value is -2.77. The standard InChI is InChI=1S/C24H23BrN2O3S/c1-31-16-15-22(27-23(28)20-9-5-6-10-21(20)25)24(29)26-17-11-13-19(14-12-17)30-18-7-3-2-4-8-18/h2-14,22H,15-16H2,1H3,(H,26,29)(H,27,28)/t22-/m0/s1. The minimum atomic E-state index is -0.646. The maximum Gasteiger partial charge on any atom is 0.253 e. The Balaban J connectivity index is 1.64. The zero-order valence-electron chi connectivity index (χ0n) is 17.0. The van der Waals surface area contributed by atoms with Gasteiger partial charge in [-0.25, -0.2) is 0 Å². The van der Waals surface area contributed by atoms with Gasteiger partial charge in [0.1, 0.15) is 17.5 Å². The van der Waals surface area contributed by atoms with Crippen molar-refractivity contribution in [2.75, 3.05) is 17.3 Å². The molecule has 7 heteroatoms. The molecule has 0 spiro atoms. The van der Waals surface area contributed by atoms with Gasteiger partial charge in [-0.05, 0) is 82.9 Å². The average molecular weight is 499 g/mol. The summed E-state index contributed by atoms with van der Waals surface area (Å²) in [6.45, 7) is 0. The van der Waals surface area contributed by atoms with Crippen molar-refractivity contribution in [2.24, 2.45) is 0 Å². The van der Waals surface area contributed by atoms with Gasteiger partial charge in [-0.15, -0.1) is 0 Å². The Morgan fingerprint density at radius 2 is 1.58 bits per heavy atom. The Morgan fingerprint density at radius 3 is 2.26 bits per heavy atom. The highest BCUT2D eigenvalue weighted by Gasteiger charge is 2.22. The molecule has 0 aliphatic heterocycles. The predicted octanol–water partition coefficient (Wildman–Crippen LogP) is 5.73. The van der Waals surface area contributed by atoms with Crippen molar-refractivity contribution in [3.8, 4) is 11.5 Å². The fourth-order valence-corrected chi connectivity index (χ4v) is 3.78. The summed E-state index contributed by atoms with van der Waals surface area (Å²) < 4.78 is 6.46. The minimum Gasteiger partial charge on any atom is -0.457 e. The zero-order valence-corrected chi connectivity index (χ0v) is 19.4. The van der Waals surface area contributed by atoms with Crippen LogP contribution in [0.3, 0.4) is 0 Å². The Bertz CT molecular complexity index is 1010. The van der Waals surface area contributed by atoms with E-state index in [-0.39, 0.29) is 11.8 Å². The van der Waals surface area contributed by atoms with Gasteiger partial charge in [-0.3, -0.25) is 9.59 Å². The van der Waals surface area contributed by atoms with Crippen LogP contribution in [-0.2, 0) is 4.79 Å². The van der Waals surface area contributed by atoms with Crippen molar-refractivity contribution in [1.29, 1.82) is 0 Å². The highest BCUT2D eigenvalue weighted by atomic mass is 79.9. The number of halogens is 1. The molecule has 160 valence electrons. The van der Waals surface area contributed by atoms with Crippen LogP contribution in [0.1, 0.15) is 16.8 Å². The number of benzene rings is 3. The van der Waals surface area contributed by atoms with Gasteiger partial charge < -0.3 is 15.4 Å². The molecule has 0 aliphatic carbocycles. The van der Waals surface area contributed by atoms with Crippen molar-refractivity contribution >= 4 is 45.2 Å². The molecule has 3 aromatic rings. The van der Waals surface area contributed by atoms with Crippen molar-refractivity contribution in [1.82, 2.24) is 5.32 Å². The monoisotopic (exact) mass is 498 g/mol. The molecular formula is C24H23BrN2O3S. The fraction of sp³-hybridized carbons (Fsp3) is 0.167. The van der Waals surface area contributed by atoms with E-state index in [1.54, 1.807) is 54.2 Å².